The predicted molar refractivity (Wildman–Crippen MR) is 95.1 cm³/mol. The zero-order chi connectivity index (χ0) is 17.4. The molecule has 6 nitrogen and oxygen atoms in total. The lowest BCUT2D eigenvalue weighted by molar-refractivity contribution is -0.119. The van der Waals surface area contributed by atoms with Gasteiger partial charge < -0.3 is 10.1 Å². The van der Waals surface area contributed by atoms with Gasteiger partial charge >= 0.3 is 0 Å². The standard InChI is InChI=1S/C18H20N2O4S/c21-17(19-10-9-14-6-3-11-24-14)12-20-15-7-1-4-13-5-2-8-16(18(13)15)25(20,22)23/h1-2,4-5,7-8,14H,3,6,9-12H2,(H,19,21). The first-order valence-electron chi connectivity index (χ1n) is 8.50. The summed E-state index contributed by atoms with van der Waals surface area (Å²) in [4.78, 5) is 12.5. The summed E-state index contributed by atoms with van der Waals surface area (Å²) in [6.07, 6.45) is 3.04. The van der Waals surface area contributed by atoms with Crippen LogP contribution in [0.2, 0.25) is 0 Å². The number of hydrogen-bond donors (Lipinski definition) is 1. The summed E-state index contributed by atoms with van der Waals surface area (Å²) in [6.45, 7) is 1.07. The van der Waals surface area contributed by atoms with Crippen LogP contribution in [0.15, 0.2) is 41.3 Å². The molecule has 2 aliphatic heterocycles. The van der Waals surface area contributed by atoms with Crippen molar-refractivity contribution < 1.29 is 17.9 Å². The van der Waals surface area contributed by atoms with Gasteiger partial charge in [-0.3, -0.25) is 9.10 Å². The highest BCUT2D eigenvalue weighted by Crippen LogP contribution is 2.41. The quantitative estimate of drug-likeness (QED) is 0.885. The van der Waals surface area contributed by atoms with E-state index in [-0.39, 0.29) is 23.5 Å². The van der Waals surface area contributed by atoms with Crippen LogP contribution in [0.4, 0.5) is 5.69 Å². The van der Waals surface area contributed by atoms with E-state index in [1.54, 1.807) is 18.2 Å². The van der Waals surface area contributed by atoms with Crippen LogP contribution in [0.1, 0.15) is 19.3 Å². The molecule has 0 saturated carbocycles. The van der Waals surface area contributed by atoms with Gasteiger partial charge in [0.15, 0.2) is 0 Å². The summed E-state index contributed by atoms with van der Waals surface area (Å²) >= 11 is 0. The number of nitrogens with zero attached hydrogens (tertiary/aromatic N) is 1. The maximum absolute atomic E-state index is 12.8. The topological polar surface area (TPSA) is 75.7 Å². The summed E-state index contributed by atoms with van der Waals surface area (Å²) in [5, 5.41) is 4.36. The van der Waals surface area contributed by atoms with Crippen molar-refractivity contribution in [3.63, 3.8) is 0 Å². The van der Waals surface area contributed by atoms with Gasteiger partial charge in [-0.2, -0.15) is 0 Å². The van der Waals surface area contributed by atoms with Crippen LogP contribution in [0, 0.1) is 0 Å². The summed E-state index contributed by atoms with van der Waals surface area (Å²) < 4.78 is 32.3. The van der Waals surface area contributed by atoms with Crippen LogP contribution in [0.25, 0.3) is 10.8 Å². The fourth-order valence-corrected chi connectivity index (χ4v) is 5.23. The fraction of sp³-hybridized carbons (Fsp3) is 0.389. The van der Waals surface area contributed by atoms with Crippen molar-refractivity contribution in [2.75, 3.05) is 24.0 Å². The average Bonchev–Trinajstić information content (AvgIpc) is 3.18. The molecule has 2 aromatic rings. The molecule has 1 atom stereocenters. The maximum atomic E-state index is 12.8. The predicted octanol–water partition coefficient (Wildman–Crippen LogP) is 2.03. The number of nitrogens with one attached hydrogen (secondary N) is 1. The Bertz CT molecular complexity index is 915. The number of anilines is 1. The van der Waals surface area contributed by atoms with Gasteiger partial charge in [0.1, 0.15) is 6.54 Å². The Morgan fingerprint density at radius 1 is 1.24 bits per heavy atom. The van der Waals surface area contributed by atoms with Crippen molar-refractivity contribution in [1.29, 1.82) is 0 Å². The van der Waals surface area contributed by atoms with E-state index in [1.165, 1.54) is 4.31 Å². The number of amides is 1. The van der Waals surface area contributed by atoms with Crippen LogP contribution in [0.5, 0.6) is 0 Å². The number of carbonyl (C=O) groups excluding carboxylic acids is 1. The summed E-state index contributed by atoms with van der Waals surface area (Å²) in [6, 6.07) is 10.6. The maximum Gasteiger partial charge on any atom is 0.265 e. The zero-order valence-electron chi connectivity index (χ0n) is 13.8. The van der Waals surface area contributed by atoms with E-state index in [1.807, 2.05) is 18.2 Å². The Morgan fingerprint density at radius 3 is 2.80 bits per heavy atom. The molecule has 2 aliphatic rings. The molecule has 1 amide bonds. The second kappa shape index (κ2) is 6.31. The SMILES string of the molecule is O=C(CN1c2cccc3cccc(c23)S1(=O)=O)NCCC1CCCO1. The van der Waals surface area contributed by atoms with Gasteiger partial charge in [-0.1, -0.05) is 24.3 Å². The summed E-state index contributed by atoms with van der Waals surface area (Å²) in [5.74, 6) is -0.300. The van der Waals surface area contributed by atoms with Gasteiger partial charge in [0.25, 0.3) is 10.0 Å². The molecule has 0 aromatic heterocycles. The van der Waals surface area contributed by atoms with Crippen molar-refractivity contribution in [3.05, 3.63) is 36.4 Å². The second-order valence-electron chi connectivity index (χ2n) is 6.42. The minimum Gasteiger partial charge on any atom is -0.378 e. The lowest BCUT2D eigenvalue weighted by atomic mass is 10.1. The molecule has 0 aliphatic carbocycles. The summed E-state index contributed by atoms with van der Waals surface area (Å²) in [7, 11) is -3.69. The first-order chi connectivity index (χ1) is 12.1. The molecule has 25 heavy (non-hydrogen) atoms. The fourth-order valence-electron chi connectivity index (χ4n) is 3.56. The van der Waals surface area contributed by atoms with Crippen LogP contribution in [-0.4, -0.2) is 40.1 Å². The molecule has 0 radical (unpaired) electrons. The first-order valence-corrected chi connectivity index (χ1v) is 9.94. The highest BCUT2D eigenvalue weighted by molar-refractivity contribution is 7.93. The van der Waals surface area contributed by atoms with Crippen molar-refractivity contribution in [1.82, 2.24) is 5.32 Å². The van der Waals surface area contributed by atoms with E-state index in [0.29, 0.717) is 17.6 Å². The lowest BCUT2D eigenvalue weighted by Gasteiger charge is -2.18. The third-order valence-electron chi connectivity index (χ3n) is 4.78. The van der Waals surface area contributed by atoms with Gasteiger partial charge in [-0.25, -0.2) is 8.42 Å². The number of ether oxygens (including phenoxy) is 1. The Morgan fingerprint density at radius 2 is 2.04 bits per heavy atom. The van der Waals surface area contributed by atoms with Crippen molar-refractivity contribution in [3.8, 4) is 0 Å². The number of carbonyl (C=O) groups is 1. The van der Waals surface area contributed by atoms with Gasteiger partial charge in [0.2, 0.25) is 5.91 Å². The summed E-state index contributed by atoms with van der Waals surface area (Å²) in [5.41, 5.74) is 0.572. The van der Waals surface area contributed by atoms with Crippen LogP contribution in [-0.2, 0) is 19.6 Å². The first kappa shape index (κ1) is 16.4. The molecule has 0 bridgehead atoms. The molecule has 1 N–H and O–H groups in total. The highest BCUT2D eigenvalue weighted by Gasteiger charge is 2.36. The third-order valence-corrected chi connectivity index (χ3v) is 6.58. The number of hydrogen-bond acceptors (Lipinski definition) is 4. The minimum absolute atomic E-state index is 0.203. The van der Waals surface area contributed by atoms with Crippen LogP contribution >= 0.6 is 0 Å². The lowest BCUT2D eigenvalue weighted by Crippen LogP contribution is -2.39. The van der Waals surface area contributed by atoms with Crippen molar-refractivity contribution in [2.45, 2.75) is 30.3 Å². The largest absolute Gasteiger partial charge is 0.378 e. The number of rotatable bonds is 5. The van der Waals surface area contributed by atoms with Gasteiger partial charge in [-0.15, -0.1) is 0 Å². The van der Waals surface area contributed by atoms with E-state index in [2.05, 4.69) is 5.32 Å². The van der Waals surface area contributed by atoms with Crippen LogP contribution < -0.4 is 9.62 Å². The monoisotopic (exact) mass is 360 g/mol. The van der Waals surface area contributed by atoms with Gasteiger partial charge in [-0.05, 0) is 36.8 Å². The molecular formula is C18H20N2O4S. The third kappa shape index (κ3) is 2.87. The van der Waals surface area contributed by atoms with Gasteiger partial charge in [0, 0.05) is 18.5 Å². The van der Waals surface area contributed by atoms with Crippen LogP contribution in [0.3, 0.4) is 0 Å². The molecule has 4 rings (SSSR count). The Hall–Kier alpha value is -2.12. The second-order valence-corrected chi connectivity index (χ2v) is 8.25. The Balaban J connectivity index is 1.49. The van der Waals surface area contributed by atoms with Crippen molar-refractivity contribution >= 4 is 32.4 Å². The van der Waals surface area contributed by atoms with Gasteiger partial charge in [0.05, 0.1) is 16.7 Å². The molecule has 1 fully saturated rings. The smallest absolute Gasteiger partial charge is 0.265 e. The van der Waals surface area contributed by atoms with E-state index < -0.39 is 10.0 Å². The molecule has 2 aromatic carbocycles. The van der Waals surface area contributed by atoms with E-state index in [4.69, 9.17) is 4.74 Å². The highest BCUT2D eigenvalue weighted by atomic mass is 32.2. The zero-order valence-corrected chi connectivity index (χ0v) is 14.6. The number of sulfonamides is 1. The Kier molecular flexibility index (Phi) is 4.13. The molecule has 7 heteroatoms. The normalized spacial score (nSPS) is 21.0. The molecule has 132 valence electrons. The van der Waals surface area contributed by atoms with Crippen molar-refractivity contribution in [2.24, 2.45) is 0 Å². The average molecular weight is 360 g/mol. The molecule has 2 heterocycles. The van der Waals surface area contributed by atoms with E-state index in [0.717, 1.165) is 31.3 Å². The molecule has 0 spiro atoms. The molecular weight excluding hydrogens is 340 g/mol. The molecule has 1 saturated heterocycles. The number of benzene rings is 2. The van der Waals surface area contributed by atoms with E-state index >= 15 is 0 Å². The Labute approximate surface area is 146 Å². The molecule has 1 unspecified atom stereocenters. The van der Waals surface area contributed by atoms with E-state index in [9.17, 15) is 13.2 Å². The minimum atomic E-state index is -3.69.